The molecule has 1 atom stereocenters. The lowest BCUT2D eigenvalue weighted by Crippen LogP contribution is -2.39. The lowest BCUT2D eigenvalue weighted by Gasteiger charge is -2.17. The Bertz CT molecular complexity index is 647. The van der Waals surface area contributed by atoms with Crippen LogP contribution < -0.4 is 10.6 Å². The number of hydrogen-bond donors (Lipinski definition) is 2. The predicted molar refractivity (Wildman–Crippen MR) is 86.5 cm³/mol. The van der Waals surface area contributed by atoms with Crippen LogP contribution in [0.25, 0.3) is 0 Å². The van der Waals surface area contributed by atoms with Gasteiger partial charge >= 0.3 is 6.03 Å². The van der Waals surface area contributed by atoms with Crippen molar-refractivity contribution in [3.05, 3.63) is 60.2 Å². The van der Waals surface area contributed by atoms with Gasteiger partial charge in [-0.25, -0.2) is 9.18 Å². The van der Waals surface area contributed by atoms with Crippen LogP contribution in [0.1, 0.15) is 12.0 Å². The summed E-state index contributed by atoms with van der Waals surface area (Å²) in [6.45, 7) is 2.59. The minimum atomic E-state index is -0.321. The Morgan fingerprint density at radius 3 is 2.87 bits per heavy atom. The van der Waals surface area contributed by atoms with Crippen molar-refractivity contribution in [2.75, 3.05) is 18.4 Å². The minimum absolute atomic E-state index is 0.118. The van der Waals surface area contributed by atoms with E-state index in [1.54, 1.807) is 6.20 Å². The molecule has 23 heavy (non-hydrogen) atoms. The number of carbonyl (C=O) groups is 1. The normalized spacial score (nSPS) is 17.9. The average molecular weight is 314 g/mol. The summed E-state index contributed by atoms with van der Waals surface area (Å²) in [5, 5.41) is 5.67. The van der Waals surface area contributed by atoms with Crippen LogP contribution >= 0.6 is 0 Å². The fraction of sp³-hybridized carbons (Fsp3) is 0.294. The molecule has 0 bridgehead atoms. The molecule has 1 aromatic carbocycles. The molecule has 2 aromatic rings. The number of anilines is 1. The molecule has 2 heterocycles. The van der Waals surface area contributed by atoms with Crippen LogP contribution in [0.4, 0.5) is 14.9 Å². The van der Waals surface area contributed by atoms with Crippen LogP contribution in [-0.4, -0.2) is 35.0 Å². The molecular formula is C17H19FN4O. The molecule has 2 amide bonds. The van der Waals surface area contributed by atoms with Crippen molar-refractivity contribution in [1.29, 1.82) is 0 Å². The van der Waals surface area contributed by atoms with Crippen LogP contribution in [-0.2, 0) is 6.54 Å². The van der Waals surface area contributed by atoms with E-state index in [1.165, 1.54) is 29.8 Å². The van der Waals surface area contributed by atoms with E-state index in [0.717, 1.165) is 26.1 Å². The van der Waals surface area contributed by atoms with E-state index < -0.39 is 0 Å². The third-order valence-electron chi connectivity index (χ3n) is 3.84. The lowest BCUT2D eigenvalue weighted by molar-refractivity contribution is 0.247. The maximum atomic E-state index is 12.8. The Morgan fingerprint density at radius 1 is 1.30 bits per heavy atom. The van der Waals surface area contributed by atoms with Crippen LogP contribution in [0.15, 0.2) is 48.8 Å². The Kier molecular flexibility index (Phi) is 4.83. The maximum Gasteiger partial charge on any atom is 0.319 e. The molecule has 1 unspecified atom stereocenters. The summed E-state index contributed by atoms with van der Waals surface area (Å²) in [6, 6.07) is 9.56. The zero-order chi connectivity index (χ0) is 16.1. The van der Waals surface area contributed by atoms with Crippen molar-refractivity contribution in [1.82, 2.24) is 15.2 Å². The van der Waals surface area contributed by atoms with Gasteiger partial charge < -0.3 is 10.6 Å². The molecule has 1 aliphatic heterocycles. The van der Waals surface area contributed by atoms with E-state index in [1.807, 2.05) is 12.3 Å². The standard InChI is InChI=1S/C17H19FN4O/c18-14-3-5-15(6-4-14)20-17(23)21-16-7-9-22(12-16)11-13-2-1-8-19-10-13/h1-6,8,10,16H,7,9,11-12H2,(H2,20,21,23). The number of halogens is 1. The van der Waals surface area contributed by atoms with Gasteiger partial charge in [0.15, 0.2) is 0 Å². The number of urea groups is 1. The third kappa shape index (κ3) is 4.50. The second kappa shape index (κ2) is 7.19. The van der Waals surface area contributed by atoms with Crippen molar-refractivity contribution in [2.45, 2.75) is 19.0 Å². The van der Waals surface area contributed by atoms with E-state index in [-0.39, 0.29) is 17.9 Å². The Hall–Kier alpha value is -2.47. The molecule has 0 aliphatic carbocycles. The maximum absolute atomic E-state index is 12.8. The molecule has 2 N–H and O–H groups in total. The zero-order valence-electron chi connectivity index (χ0n) is 12.7. The second-order valence-corrected chi connectivity index (χ2v) is 5.69. The van der Waals surface area contributed by atoms with Crippen LogP contribution in [0.3, 0.4) is 0 Å². The summed E-state index contributed by atoms with van der Waals surface area (Å²) in [5.41, 5.74) is 1.75. The Labute approximate surface area is 134 Å². The van der Waals surface area contributed by atoms with E-state index in [9.17, 15) is 9.18 Å². The molecule has 0 radical (unpaired) electrons. The van der Waals surface area contributed by atoms with Gasteiger partial charge in [0, 0.05) is 43.8 Å². The summed E-state index contributed by atoms with van der Waals surface area (Å²) in [4.78, 5) is 18.4. The number of rotatable bonds is 4. The van der Waals surface area contributed by atoms with Crippen molar-refractivity contribution in [3.8, 4) is 0 Å². The van der Waals surface area contributed by atoms with Gasteiger partial charge in [-0.15, -0.1) is 0 Å². The van der Waals surface area contributed by atoms with Gasteiger partial charge in [0.1, 0.15) is 5.82 Å². The monoisotopic (exact) mass is 314 g/mol. The van der Waals surface area contributed by atoms with Crippen LogP contribution in [0.2, 0.25) is 0 Å². The lowest BCUT2D eigenvalue weighted by atomic mass is 10.2. The molecule has 5 nitrogen and oxygen atoms in total. The molecule has 120 valence electrons. The van der Waals surface area contributed by atoms with E-state index >= 15 is 0 Å². The molecule has 1 fully saturated rings. The molecule has 1 saturated heterocycles. The average Bonchev–Trinajstić information content (AvgIpc) is 2.97. The van der Waals surface area contributed by atoms with Crippen LogP contribution in [0.5, 0.6) is 0 Å². The summed E-state index contributed by atoms with van der Waals surface area (Å²) in [6.07, 6.45) is 4.54. The fourth-order valence-electron chi connectivity index (χ4n) is 2.73. The topological polar surface area (TPSA) is 57.3 Å². The quantitative estimate of drug-likeness (QED) is 0.912. The van der Waals surface area contributed by atoms with Crippen molar-refractivity contribution in [3.63, 3.8) is 0 Å². The largest absolute Gasteiger partial charge is 0.334 e. The van der Waals surface area contributed by atoms with Crippen molar-refractivity contribution < 1.29 is 9.18 Å². The number of nitrogens with zero attached hydrogens (tertiary/aromatic N) is 2. The predicted octanol–water partition coefficient (Wildman–Crippen LogP) is 2.62. The third-order valence-corrected chi connectivity index (χ3v) is 3.84. The number of hydrogen-bond acceptors (Lipinski definition) is 3. The Morgan fingerprint density at radius 2 is 2.13 bits per heavy atom. The highest BCUT2D eigenvalue weighted by molar-refractivity contribution is 5.89. The molecule has 1 aromatic heterocycles. The van der Waals surface area contributed by atoms with Gasteiger partial charge in [-0.05, 0) is 42.3 Å². The minimum Gasteiger partial charge on any atom is -0.334 e. The highest BCUT2D eigenvalue weighted by Crippen LogP contribution is 2.13. The van der Waals surface area contributed by atoms with Gasteiger partial charge in [0.2, 0.25) is 0 Å². The first kappa shape index (κ1) is 15.4. The summed E-state index contributed by atoms with van der Waals surface area (Å²) in [5.74, 6) is -0.321. The highest BCUT2D eigenvalue weighted by atomic mass is 19.1. The van der Waals surface area contributed by atoms with E-state index in [0.29, 0.717) is 5.69 Å². The molecular weight excluding hydrogens is 295 g/mol. The number of amides is 2. The fourth-order valence-corrected chi connectivity index (χ4v) is 2.73. The van der Waals surface area contributed by atoms with E-state index in [4.69, 9.17) is 0 Å². The van der Waals surface area contributed by atoms with Gasteiger partial charge in [-0.1, -0.05) is 6.07 Å². The Balaban J connectivity index is 1.46. The zero-order valence-corrected chi connectivity index (χ0v) is 12.7. The van der Waals surface area contributed by atoms with E-state index in [2.05, 4.69) is 26.6 Å². The molecule has 0 spiro atoms. The summed E-state index contributed by atoms with van der Waals surface area (Å²) < 4.78 is 12.8. The highest BCUT2D eigenvalue weighted by Gasteiger charge is 2.23. The number of nitrogens with one attached hydrogen (secondary N) is 2. The first-order chi connectivity index (χ1) is 11.2. The number of carbonyl (C=O) groups excluding carboxylic acids is 1. The molecule has 3 rings (SSSR count). The van der Waals surface area contributed by atoms with Crippen molar-refractivity contribution in [2.24, 2.45) is 0 Å². The number of aromatic nitrogens is 1. The molecule has 1 aliphatic rings. The van der Waals surface area contributed by atoms with Gasteiger partial charge in [-0.3, -0.25) is 9.88 Å². The SMILES string of the molecule is O=C(Nc1ccc(F)cc1)NC1CCN(Cc2cccnc2)C1. The summed E-state index contributed by atoms with van der Waals surface area (Å²) in [7, 11) is 0. The molecule has 0 saturated carbocycles. The van der Waals surface area contributed by atoms with Gasteiger partial charge in [0.25, 0.3) is 0 Å². The first-order valence-corrected chi connectivity index (χ1v) is 7.63. The molecule has 6 heteroatoms. The van der Waals surface area contributed by atoms with Gasteiger partial charge in [0.05, 0.1) is 0 Å². The second-order valence-electron chi connectivity index (χ2n) is 5.69. The number of pyridine rings is 1. The smallest absolute Gasteiger partial charge is 0.319 e. The van der Waals surface area contributed by atoms with Crippen molar-refractivity contribution >= 4 is 11.7 Å². The van der Waals surface area contributed by atoms with Crippen LogP contribution in [0, 0.1) is 5.82 Å². The van der Waals surface area contributed by atoms with Gasteiger partial charge in [-0.2, -0.15) is 0 Å². The first-order valence-electron chi connectivity index (χ1n) is 7.63. The summed E-state index contributed by atoms with van der Waals surface area (Å²) >= 11 is 0. The number of benzene rings is 1. The number of likely N-dealkylation sites (tertiary alicyclic amines) is 1.